The molecule has 0 saturated heterocycles. The maximum atomic E-state index is 4.52. The highest BCUT2D eigenvalue weighted by molar-refractivity contribution is 6.08. The molecule has 14 heavy (non-hydrogen) atoms. The van der Waals surface area contributed by atoms with E-state index < -0.39 is 0 Å². The van der Waals surface area contributed by atoms with Crippen molar-refractivity contribution in [3.8, 4) is 0 Å². The first-order valence-corrected chi connectivity index (χ1v) is 4.86. The Morgan fingerprint density at radius 2 is 2.21 bits per heavy atom. The van der Waals surface area contributed by atoms with Crippen LogP contribution in [0, 0.1) is 0 Å². The lowest BCUT2D eigenvalue weighted by Gasteiger charge is -2.27. The first kappa shape index (κ1) is 9.19. The molecule has 0 amide bonds. The monoisotopic (exact) mass is 189 g/mol. The van der Waals surface area contributed by atoms with Gasteiger partial charge >= 0.3 is 0 Å². The van der Waals surface area contributed by atoms with E-state index in [4.69, 9.17) is 0 Å². The third-order valence-corrected chi connectivity index (χ3v) is 2.42. The third-order valence-electron chi connectivity index (χ3n) is 2.42. The van der Waals surface area contributed by atoms with Gasteiger partial charge in [0.25, 0.3) is 0 Å². The molecule has 2 rings (SSSR count). The topological polar surface area (TPSA) is 28.0 Å². The molecule has 1 heterocycles. The second-order valence-electron chi connectivity index (χ2n) is 3.81. The van der Waals surface area contributed by atoms with Crippen LogP contribution in [0.25, 0.3) is 0 Å². The van der Waals surface area contributed by atoms with E-state index >= 15 is 0 Å². The van der Waals surface area contributed by atoms with E-state index in [1.165, 1.54) is 5.57 Å². The number of hydrogen-bond acceptors (Lipinski definition) is 3. The number of likely N-dealkylation sites (N-methyl/N-ethyl adjacent to an activating group) is 1. The number of hydrogen-bond donors (Lipinski definition) is 0. The van der Waals surface area contributed by atoms with Gasteiger partial charge in [0.05, 0.1) is 6.04 Å². The number of amidine groups is 2. The molecule has 0 spiro atoms. The summed E-state index contributed by atoms with van der Waals surface area (Å²) in [5.74, 6) is 1.93. The molecule has 0 aromatic carbocycles. The minimum absolute atomic E-state index is 0.287. The van der Waals surface area contributed by atoms with Crippen LogP contribution >= 0.6 is 0 Å². The summed E-state index contributed by atoms with van der Waals surface area (Å²) in [6.45, 7) is 1.96. The van der Waals surface area contributed by atoms with Crippen molar-refractivity contribution in [1.29, 1.82) is 0 Å². The van der Waals surface area contributed by atoms with Crippen LogP contribution in [-0.4, -0.2) is 36.7 Å². The second kappa shape index (κ2) is 3.40. The summed E-state index contributed by atoms with van der Waals surface area (Å²) >= 11 is 0. The third kappa shape index (κ3) is 1.50. The van der Waals surface area contributed by atoms with Gasteiger partial charge in [-0.1, -0.05) is 18.2 Å². The van der Waals surface area contributed by atoms with Gasteiger partial charge < -0.3 is 4.90 Å². The smallest absolute Gasteiger partial charge is 0.135 e. The first-order valence-electron chi connectivity index (χ1n) is 4.86. The van der Waals surface area contributed by atoms with Crippen LogP contribution in [0.1, 0.15) is 13.3 Å². The van der Waals surface area contributed by atoms with Crippen LogP contribution in [0.15, 0.2) is 33.8 Å². The van der Waals surface area contributed by atoms with Crippen molar-refractivity contribution >= 4 is 11.7 Å². The molecule has 0 fully saturated rings. The summed E-state index contributed by atoms with van der Waals surface area (Å²) < 4.78 is 0. The zero-order valence-electron chi connectivity index (χ0n) is 8.86. The number of nitrogens with zero attached hydrogens (tertiary/aromatic N) is 3. The molecule has 74 valence electrons. The average molecular weight is 189 g/mol. The highest BCUT2D eigenvalue weighted by Gasteiger charge is 2.24. The van der Waals surface area contributed by atoms with Gasteiger partial charge in [-0.25, -0.2) is 4.99 Å². The van der Waals surface area contributed by atoms with Crippen molar-refractivity contribution < 1.29 is 0 Å². The van der Waals surface area contributed by atoms with Crippen molar-refractivity contribution in [2.24, 2.45) is 9.98 Å². The van der Waals surface area contributed by atoms with Crippen molar-refractivity contribution in [3.63, 3.8) is 0 Å². The van der Waals surface area contributed by atoms with E-state index in [2.05, 4.69) is 33.1 Å². The Labute approximate surface area is 84.5 Å². The van der Waals surface area contributed by atoms with Gasteiger partial charge in [0.15, 0.2) is 0 Å². The number of allylic oxidation sites excluding steroid dienone is 2. The molecule has 0 aromatic heterocycles. The molecule has 2 aliphatic rings. The van der Waals surface area contributed by atoms with E-state index in [0.29, 0.717) is 0 Å². The van der Waals surface area contributed by atoms with E-state index in [1.807, 2.05) is 21.0 Å². The Balaban J connectivity index is 2.42. The van der Waals surface area contributed by atoms with Crippen LogP contribution in [0.2, 0.25) is 0 Å². The highest BCUT2D eigenvalue weighted by atomic mass is 15.2. The summed E-state index contributed by atoms with van der Waals surface area (Å²) in [6.07, 6.45) is 7.35. The lowest BCUT2D eigenvalue weighted by Crippen LogP contribution is -2.33. The van der Waals surface area contributed by atoms with Gasteiger partial charge in [0.1, 0.15) is 11.7 Å². The Morgan fingerprint density at radius 1 is 1.43 bits per heavy atom. The molecular formula is C11H15N3. The van der Waals surface area contributed by atoms with Crippen molar-refractivity contribution in [2.75, 3.05) is 14.1 Å². The minimum Gasteiger partial charge on any atom is -0.362 e. The fourth-order valence-electron chi connectivity index (χ4n) is 1.79. The number of fused-ring (bicyclic) bond motifs is 1. The normalized spacial score (nSPS) is 24.8. The van der Waals surface area contributed by atoms with E-state index in [9.17, 15) is 0 Å². The molecular weight excluding hydrogens is 174 g/mol. The van der Waals surface area contributed by atoms with Gasteiger partial charge in [-0.2, -0.15) is 0 Å². The Bertz CT molecular complexity index is 359. The molecule has 0 bridgehead atoms. The van der Waals surface area contributed by atoms with Crippen LogP contribution in [0.3, 0.4) is 0 Å². The molecule has 0 N–H and O–H groups in total. The van der Waals surface area contributed by atoms with Crippen LogP contribution in [0.4, 0.5) is 0 Å². The number of rotatable bonds is 0. The molecule has 1 unspecified atom stereocenters. The summed E-state index contributed by atoms with van der Waals surface area (Å²) in [4.78, 5) is 11.0. The van der Waals surface area contributed by atoms with E-state index in [-0.39, 0.29) is 6.04 Å². The maximum absolute atomic E-state index is 4.52. The first-order chi connectivity index (χ1) is 6.68. The van der Waals surface area contributed by atoms with Crippen molar-refractivity contribution in [3.05, 3.63) is 23.8 Å². The molecule has 3 nitrogen and oxygen atoms in total. The second-order valence-corrected chi connectivity index (χ2v) is 3.81. The van der Waals surface area contributed by atoms with Crippen LogP contribution in [0.5, 0.6) is 0 Å². The largest absolute Gasteiger partial charge is 0.362 e. The molecule has 1 aliphatic carbocycles. The standard InChI is InChI=1S/C11H15N3/c1-8-12-10-7-5-4-6-9(10)11(13-8)14(2)3/h4-6,10H,7H2,1-3H3. The zero-order chi connectivity index (χ0) is 10.1. The number of aliphatic imine (C=N–C) groups is 2. The van der Waals surface area contributed by atoms with Crippen molar-refractivity contribution in [1.82, 2.24) is 4.90 Å². The van der Waals surface area contributed by atoms with Gasteiger partial charge in [0.2, 0.25) is 0 Å². The summed E-state index contributed by atoms with van der Waals surface area (Å²) in [7, 11) is 4.04. The Morgan fingerprint density at radius 3 is 2.93 bits per heavy atom. The molecule has 0 saturated carbocycles. The van der Waals surface area contributed by atoms with E-state index in [1.54, 1.807) is 0 Å². The Kier molecular flexibility index (Phi) is 2.23. The van der Waals surface area contributed by atoms with Crippen LogP contribution < -0.4 is 0 Å². The summed E-state index contributed by atoms with van der Waals surface area (Å²) in [5.41, 5.74) is 1.24. The van der Waals surface area contributed by atoms with Gasteiger partial charge in [-0.3, -0.25) is 4.99 Å². The lowest BCUT2D eigenvalue weighted by atomic mass is 9.97. The predicted molar refractivity (Wildman–Crippen MR) is 59.9 cm³/mol. The molecule has 1 aliphatic heterocycles. The molecule has 0 aromatic rings. The fourth-order valence-corrected chi connectivity index (χ4v) is 1.79. The quantitative estimate of drug-likeness (QED) is 0.569. The molecule has 0 radical (unpaired) electrons. The van der Waals surface area contributed by atoms with Crippen LogP contribution in [-0.2, 0) is 0 Å². The maximum Gasteiger partial charge on any atom is 0.135 e. The SMILES string of the molecule is CC1=NC2CC=CC=C2C(N(C)C)=N1. The predicted octanol–water partition coefficient (Wildman–Crippen LogP) is 1.63. The Hall–Kier alpha value is -1.38. The average Bonchev–Trinajstić information content (AvgIpc) is 2.16. The highest BCUT2D eigenvalue weighted by Crippen LogP contribution is 2.22. The lowest BCUT2D eigenvalue weighted by molar-refractivity contribution is 0.608. The van der Waals surface area contributed by atoms with Crippen molar-refractivity contribution in [2.45, 2.75) is 19.4 Å². The minimum atomic E-state index is 0.287. The summed E-state index contributed by atoms with van der Waals surface area (Å²) in [6, 6.07) is 0.287. The van der Waals surface area contributed by atoms with Gasteiger partial charge in [-0.15, -0.1) is 0 Å². The fraction of sp³-hybridized carbons (Fsp3) is 0.455. The van der Waals surface area contributed by atoms with E-state index in [0.717, 1.165) is 18.1 Å². The van der Waals surface area contributed by atoms with Gasteiger partial charge in [0, 0.05) is 19.7 Å². The van der Waals surface area contributed by atoms with Gasteiger partial charge in [-0.05, 0) is 13.3 Å². The summed E-state index contributed by atoms with van der Waals surface area (Å²) in [5, 5.41) is 0. The molecule has 3 heteroatoms. The zero-order valence-corrected chi connectivity index (χ0v) is 8.86. The molecule has 1 atom stereocenters.